The molecular weight excluding hydrogens is 288 g/mol. The largest absolute Gasteiger partial charge is 0.451 e. The van der Waals surface area contributed by atoms with Gasteiger partial charge in [-0.15, -0.1) is 0 Å². The van der Waals surface area contributed by atoms with Crippen molar-refractivity contribution in [3.63, 3.8) is 0 Å². The molecule has 0 spiro atoms. The van der Waals surface area contributed by atoms with Crippen LogP contribution in [0.4, 0.5) is 23.4 Å². The molecule has 0 aliphatic heterocycles. The second kappa shape index (κ2) is 6.02. The van der Waals surface area contributed by atoms with Crippen molar-refractivity contribution in [2.24, 2.45) is 0 Å². The molecule has 0 radical (unpaired) electrons. The summed E-state index contributed by atoms with van der Waals surface area (Å²) >= 11 is 0. The van der Waals surface area contributed by atoms with Gasteiger partial charge in [-0.25, -0.2) is 14.4 Å². The van der Waals surface area contributed by atoms with Crippen molar-refractivity contribution in [3.8, 4) is 11.3 Å². The van der Waals surface area contributed by atoms with E-state index in [2.05, 4.69) is 20.3 Å². The van der Waals surface area contributed by atoms with Gasteiger partial charge in [0.05, 0.1) is 11.9 Å². The summed E-state index contributed by atoms with van der Waals surface area (Å²) in [7, 11) is 0. The van der Waals surface area contributed by atoms with Gasteiger partial charge in [0.15, 0.2) is 0 Å². The highest BCUT2D eigenvalue weighted by molar-refractivity contribution is 5.61. The zero-order valence-electron chi connectivity index (χ0n) is 11.1. The molecule has 112 valence electrons. The average Bonchev–Trinajstić information content (AvgIpc) is 2.44. The molecule has 8 heteroatoms. The zero-order chi connectivity index (χ0) is 15.5. The molecule has 1 N–H and O–H groups in total. The van der Waals surface area contributed by atoms with E-state index in [0.29, 0.717) is 6.54 Å². The van der Waals surface area contributed by atoms with Gasteiger partial charge in [0.1, 0.15) is 11.6 Å². The lowest BCUT2D eigenvalue weighted by molar-refractivity contribution is -0.144. The van der Waals surface area contributed by atoms with Crippen LogP contribution in [0.3, 0.4) is 0 Å². The maximum atomic E-state index is 13.1. The molecule has 0 saturated heterocycles. The van der Waals surface area contributed by atoms with E-state index in [9.17, 15) is 17.6 Å². The monoisotopic (exact) mass is 300 g/mol. The molecule has 0 saturated carbocycles. The summed E-state index contributed by atoms with van der Waals surface area (Å²) in [6.45, 7) is 2.34. The standard InChI is InChI=1S/C13H12F4N4/c1-2-3-19-11-5-10(8-4-9(14)7-18-6-8)20-12(21-11)13(15,16)17/h4-7H,2-3H2,1H3,(H,19,20,21). The van der Waals surface area contributed by atoms with Crippen LogP contribution in [0.15, 0.2) is 24.5 Å². The zero-order valence-corrected chi connectivity index (χ0v) is 11.1. The number of pyridine rings is 1. The Bertz CT molecular complexity index is 628. The number of anilines is 1. The first kappa shape index (κ1) is 15.1. The Morgan fingerprint density at radius 3 is 2.52 bits per heavy atom. The lowest BCUT2D eigenvalue weighted by atomic mass is 10.2. The molecule has 0 atom stereocenters. The third-order valence-corrected chi connectivity index (χ3v) is 2.54. The van der Waals surface area contributed by atoms with Crippen LogP contribution in [0, 0.1) is 5.82 Å². The lowest BCUT2D eigenvalue weighted by Gasteiger charge is -2.11. The summed E-state index contributed by atoms with van der Waals surface area (Å²) in [5.74, 6) is -1.89. The number of alkyl halides is 3. The van der Waals surface area contributed by atoms with E-state index in [4.69, 9.17) is 0 Å². The SMILES string of the molecule is CCCNc1cc(-c2cncc(F)c2)nc(C(F)(F)F)n1. The predicted octanol–water partition coefficient (Wildman–Crippen LogP) is 3.52. The molecular formula is C13H12F4N4. The van der Waals surface area contributed by atoms with Crippen molar-refractivity contribution in [2.75, 3.05) is 11.9 Å². The maximum absolute atomic E-state index is 13.1. The quantitative estimate of drug-likeness (QED) is 0.878. The van der Waals surface area contributed by atoms with E-state index < -0.39 is 17.8 Å². The highest BCUT2D eigenvalue weighted by atomic mass is 19.4. The van der Waals surface area contributed by atoms with Gasteiger partial charge in [0.25, 0.3) is 0 Å². The van der Waals surface area contributed by atoms with Crippen molar-refractivity contribution in [2.45, 2.75) is 19.5 Å². The molecule has 2 rings (SSSR count). The predicted molar refractivity (Wildman–Crippen MR) is 69.0 cm³/mol. The Morgan fingerprint density at radius 1 is 1.14 bits per heavy atom. The fraction of sp³-hybridized carbons (Fsp3) is 0.308. The topological polar surface area (TPSA) is 50.7 Å². The second-order valence-corrected chi connectivity index (χ2v) is 4.28. The van der Waals surface area contributed by atoms with Gasteiger partial charge in [-0.3, -0.25) is 4.98 Å². The molecule has 0 unspecified atom stereocenters. The van der Waals surface area contributed by atoms with Crippen LogP contribution >= 0.6 is 0 Å². The third kappa shape index (κ3) is 3.87. The number of rotatable bonds is 4. The van der Waals surface area contributed by atoms with Crippen molar-refractivity contribution in [3.05, 3.63) is 36.2 Å². The number of nitrogens with zero attached hydrogens (tertiary/aromatic N) is 3. The average molecular weight is 300 g/mol. The summed E-state index contributed by atoms with van der Waals surface area (Å²) in [5.41, 5.74) is 0.116. The lowest BCUT2D eigenvalue weighted by Crippen LogP contribution is -2.14. The Hall–Kier alpha value is -2.25. The van der Waals surface area contributed by atoms with Gasteiger partial charge in [0, 0.05) is 24.4 Å². The molecule has 0 fully saturated rings. The van der Waals surface area contributed by atoms with Gasteiger partial charge >= 0.3 is 6.18 Å². The summed E-state index contributed by atoms with van der Waals surface area (Å²) in [5, 5.41) is 2.77. The van der Waals surface area contributed by atoms with Crippen LogP contribution in [0.25, 0.3) is 11.3 Å². The number of aromatic nitrogens is 3. The fourth-order valence-corrected chi connectivity index (χ4v) is 1.62. The van der Waals surface area contributed by atoms with E-state index in [1.54, 1.807) is 0 Å². The molecule has 0 aliphatic carbocycles. The van der Waals surface area contributed by atoms with E-state index in [-0.39, 0.29) is 17.1 Å². The highest BCUT2D eigenvalue weighted by Gasteiger charge is 2.35. The molecule has 0 aliphatic rings. The summed E-state index contributed by atoms with van der Waals surface area (Å²) in [6.07, 6.45) is -1.75. The first-order valence-corrected chi connectivity index (χ1v) is 6.21. The molecule has 0 amide bonds. The smallest absolute Gasteiger partial charge is 0.370 e. The Morgan fingerprint density at radius 2 is 1.90 bits per heavy atom. The van der Waals surface area contributed by atoms with Gasteiger partial charge in [-0.2, -0.15) is 13.2 Å². The van der Waals surface area contributed by atoms with Crippen LogP contribution in [0.2, 0.25) is 0 Å². The van der Waals surface area contributed by atoms with E-state index >= 15 is 0 Å². The Kier molecular flexibility index (Phi) is 4.35. The number of hydrogen-bond donors (Lipinski definition) is 1. The Balaban J connectivity index is 2.49. The normalized spacial score (nSPS) is 11.5. The van der Waals surface area contributed by atoms with E-state index in [1.807, 2.05) is 6.92 Å². The molecule has 21 heavy (non-hydrogen) atoms. The second-order valence-electron chi connectivity index (χ2n) is 4.28. The molecule has 2 aromatic rings. The molecule has 0 aromatic carbocycles. The van der Waals surface area contributed by atoms with Crippen molar-refractivity contribution in [1.82, 2.24) is 15.0 Å². The maximum Gasteiger partial charge on any atom is 0.451 e. The minimum absolute atomic E-state index is 0.0390. The van der Waals surface area contributed by atoms with Crippen LogP contribution in [0.1, 0.15) is 19.2 Å². The minimum Gasteiger partial charge on any atom is -0.370 e. The molecule has 2 heterocycles. The minimum atomic E-state index is -4.68. The summed E-state index contributed by atoms with van der Waals surface area (Å²) < 4.78 is 51.6. The van der Waals surface area contributed by atoms with Gasteiger partial charge < -0.3 is 5.32 Å². The summed E-state index contributed by atoms with van der Waals surface area (Å²) in [4.78, 5) is 10.5. The van der Waals surface area contributed by atoms with Crippen LogP contribution < -0.4 is 5.32 Å². The van der Waals surface area contributed by atoms with Crippen molar-refractivity contribution < 1.29 is 17.6 Å². The van der Waals surface area contributed by atoms with Gasteiger partial charge in [-0.1, -0.05) is 6.92 Å². The Labute approximate surface area is 118 Å². The third-order valence-electron chi connectivity index (χ3n) is 2.54. The molecule has 2 aromatic heterocycles. The fourth-order valence-electron chi connectivity index (χ4n) is 1.62. The van der Waals surface area contributed by atoms with E-state index in [0.717, 1.165) is 18.7 Å². The summed E-state index contributed by atoms with van der Waals surface area (Å²) in [6, 6.07) is 2.40. The number of hydrogen-bond acceptors (Lipinski definition) is 4. The van der Waals surface area contributed by atoms with E-state index in [1.165, 1.54) is 12.3 Å². The number of halogens is 4. The van der Waals surface area contributed by atoms with Crippen molar-refractivity contribution in [1.29, 1.82) is 0 Å². The number of nitrogens with one attached hydrogen (secondary N) is 1. The van der Waals surface area contributed by atoms with Crippen LogP contribution in [-0.2, 0) is 6.18 Å². The van der Waals surface area contributed by atoms with Crippen LogP contribution in [0.5, 0.6) is 0 Å². The molecule has 0 bridgehead atoms. The van der Waals surface area contributed by atoms with Gasteiger partial charge in [-0.05, 0) is 12.5 Å². The van der Waals surface area contributed by atoms with Gasteiger partial charge in [0.2, 0.25) is 5.82 Å². The first-order chi connectivity index (χ1) is 9.90. The first-order valence-electron chi connectivity index (χ1n) is 6.21. The van der Waals surface area contributed by atoms with Crippen LogP contribution in [-0.4, -0.2) is 21.5 Å². The highest BCUT2D eigenvalue weighted by Crippen LogP contribution is 2.29. The molecule has 4 nitrogen and oxygen atoms in total. The van der Waals surface area contributed by atoms with Crippen molar-refractivity contribution >= 4 is 5.82 Å².